The largest absolute Gasteiger partial charge is 0.492 e. The maximum absolute atomic E-state index is 12.0. The van der Waals surface area contributed by atoms with Crippen molar-refractivity contribution in [3.63, 3.8) is 0 Å². The van der Waals surface area contributed by atoms with Crippen LogP contribution in [-0.2, 0) is 14.3 Å². The van der Waals surface area contributed by atoms with Crippen molar-refractivity contribution in [2.75, 3.05) is 26.3 Å². The van der Waals surface area contributed by atoms with Gasteiger partial charge in [0.15, 0.2) is 6.61 Å². The van der Waals surface area contributed by atoms with Crippen molar-refractivity contribution in [3.05, 3.63) is 69.2 Å². The Hall–Kier alpha value is -3.66. The molecule has 0 saturated heterocycles. The summed E-state index contributed by atoms with van der Waals surface area (Å²) in [6, 6.07) is 12.5. The number of halogens is 1. The molecule has 11 heteroatoms. The van der Waals surface area contributed by atoms with Crippen molar-refractivity contribution in [3.8, 4) is 5.75 Å². The summed E-state index contributed by atoms with van der Waals surface area (Å²) >= 11 is 5.68. The highest BCUT2D eigenvalue weighted by atomic mass is 35.5. The normalized spacial score (nSPS) is 10.0. The van der Waals surface area contributed by atoms with E-state index in [9.17, 15) is 24.5 Å². The summed E-state index contributed by atoms with van der Waals surface area (Å²) in [5, 5.41) is 15.5. The topological polar surface area (TPSA) is 137 Å². The molecule has 0 bridgehead atoms. The average Bonchev–Trinajstić information content (AvgIpc) is 2.74. The highest BCUT2D eigenvalue weighted by Gasteiger charge is 2.17. The molecule has 0 aliphatic rings. The second kappa shape index (κ2) is 11.4. The number of nitro benzene ring substituents is 1. The van der Waals surface area contributed by atoms with E-state index in [0.717, 1.165) is 6.07 Å². The number of hydrogen-bond donors (Lipinski definition) is 2. The summed E-state index contributed by atoms with van der Waals surface area (Å²) in [6.45, 7) is -0.573. The van der Waals surface area contributed by atoms with Crippen LogP contribution in [0, 0.1) is 10.1 Å². The maximum Gasteiger partial charge on any atom is 0.325 e. The number of nitro groups is 1. The molecule has 0 aromatic heterocycles. The predicted molar refractivity (Wildman–Crippen MR) is 106 cm³/mol. The van der Waals surface area contributed by atoms with Crippen LogP contribution in [0.15, 0.2) is 48.5 Å². The number of esters is 1. The molecule has 2 amide bonds. The van der Waals surface area contributed by atoms with Gasteiger partial charge in [0.1, 0.15) is 23.9 Å². The molecule has 30 heavy (non-hydrogen) atoms. The Labute approximate surface area is 176 Å². The van der Waals surface area contributed by atoms with E-state index in [2.05, 4.69) is 10.6 Å². The van der Waals surface area contributed by atoms with E-state index < -0.39 is 41.5 Å². The van der Waals surface area contributed by atoms with Gasteiger partial charge >= 0.3 is 5.97 Å². The Kier molecular flexibility index (Phi) is 8.57. The number of rotatable bonds is 10. The minimum absolute atomic E-state index is 0.0462. The van der Waals surface area contributed by atoms with Crippen LogP contribution in [0.25, 0.3) is 0 Å². The molecule has 0 atom stereocenters. The quantitative estimate of drug-likeness (QED) is 0.251. The average molecular weight is 436 g/mol. The van der Waals surface area contributed by atoms with E-state index in [-0.39, 0.29) is 23.7 Å². The fourth-order valence-electron chi connectivity index (χ4n) is 2.17. The Morgan fingerprint density at radius 1 is 1.07 bits per heavy atom. The van der Waals surface area contributed by atoms with Crippen molar-refractivity contribution in [2.24, 2.45) is 0 Å². The van der Waals surface area contributed by atoms with Gasteiger partial charge in [-0.25, -0.2) is 0 Å². The molecular formula is C19H18ClN3O7. The van der Waals surface area contributed by atoms with Crippen LogP contribution in [0.3, 0.4) is 0 Å². The Balaban J connectivity index is 1.65. The third kappa shape index (κ3) is 7.40. The van der Waals surface area contributed by atoms with Crippen LogP contribution in [0.5, 0.6) is 5.75 Å². The zero-order valence-corrected chi connectivity index (χ0v) is 16.4. The van der Waals surface area contributed by atoms with Crippen LogP contribution in [0.1, 0.15) is 10.4 Å². The Morgan fingerprint density at radius 2 is 1.80 bits per heavy atom. The minimum atomic E-state index is -0.845. The summed E-state index contributed by atoms with van der Waals surface area (Å²) in [6.07, 6.45) is 0. The molecule has 2 aromatic rings. The van der Waals surface area contributed by atoms with E-state index in [0.29, 0.717) is 5.75 Å². The van der Waals surface area contributed by atoms with Crippen LogP contribution >= 0.6 is 11.6 Å². The lowest BCUT2D eigenvalue weighted by Gasteiger charge is -2.09. The van der Waals surface area contributed by atoms with Crippen molar-refractivity contribution in [1.29, 1.82) is 0 Å². The first-order valence-electron chi connectivity index (χ1n) is 8.69. The van der Waals surface area contributed by atoms with Gasteiger partial charge in [0.2, 0.25) is 0 Å². The molecule has 0 spiro atoms. The van der Waals surface area contributed by atoms with Gasteiger partial charge in [-0.3, -0.25) is 24.5 Å². The molecular weight excluding hydrogens is 418 g/mol. The monoisotopic (exact) mass is 435 g/mol. The lowest BCUT2D eigenvalue weighted by molar-refractivity contribution is -0.384. The van der Waals surface area contributed by atoms with Crippen LogP contribution in [0.2, 0.25) is 5.02 Å². The third-order valence-electron chi connectivity index (χ3n) is 3.60. The van der Waals surface area contributed by atoms with Crippen LogP contribution in [0.4, 0.5) is 5.69 Å². The Bertz CT molecular complexity index is 922. The van der Waals surface area contributed by atoms with Gasteiger partial charge in [0, 0.05) is 11.6 Å². The van der Waals surface area contributed by atoms with Crippen molar-refractivity contribution in [2.45, 2.75) is 0 Å². The van der Waals surface area contributed by atoms with Crippen molar-refractivity contribution in [1.82, 2.24) is 10.6 Å². The second-order valence-corrected chi connectivity index (χ2v) is 6.19. The summed E-state index contributed by atoms with van der Waals surface area (Å²) in [5.41, 5.74) is -0.477. The standard InChI is InChI=1S/C19H18ClN3O7/c20-15-7-6-13(10-16(15)23(27)28)19(26)22-11-18(25)30-12-17(24)21-8-9-29-14-4-2-1-3-5-14/h1-7,10H,8-9,11-12H2,(H,21,24)(H,22,26). The summed E-state index contributed by atoms with van der Waals surface area (Å²) < 4.78 is 10.1. The van der Waals surface area contributed by atoms with Crippen molar-refractivity contribution >= 4 is 35.1 Å². The molecule has 0 unspecified atom stereocenters. The molecule has 0 radical (unpaired) electrons. The lowest BCUT2D eigenvalue weighted by atomic mass is 10.2. The molecule has 0 fully saturated rings. The van der Waals surface area contributed by atoms with Crippen molar-refractivity contribution < 1.29 is 28.8 Å². The van der Waals surface area contributed by atoms with Crippen LogP contribution < -0.4 is 15.4 Å². The number of hydrogen-bond acceptors (Lipinski definition) is 7. The summed E-state index contributed by atoms with van der Waals surface area (Å²) in [4.78, 5) is 45.4. The number of carbonyl (C=O) groups excluding carboxylic acids is 3. The number of ether oxygens (including phenoxy) is 2. The molecule has 0 aliphatic carbocycles. The van der Waals surface area contributed by atoms with Crippen LogP contribution in [-0.4, -0.2) is 49.0 Å². The molecule has 2 aromatic carbocycles. The number of nitrogens with one attached hydrogen (secondary N) is 2. The first-order valence-corrected chi connectivity index (χ1v) is 9.07. The van der Waals surface area contributed by atoms with Gasteiger partial charge in [-0.15, -0.1) is 0 Å². The second-order valence-electron chi connectivity index (χ2n) is 5.78. The van der Waals surface area contributed by atoms with E-state index in [4.69, 9.17) is 21.1 Å². The zero-order valence-electron chi connectivity index (χ0n) is 15.6. The van der Waals surface area contributed by atoms with E-state index in [1.165, 1.54) is 12.1 Å². The number of para-hydroxylation sites is 1. The minimum Gasteiger partial charge on any atom is -0.492 e. The lowest BCUT2D eigenvalue weighted by Crippen LogP contribution is -2.35. The molecule has 2 N–H and O–H groups in total. The number of amides is 2. The highest BCUT2D eigenvalue weighted by molar-refractivity contribution is 6.32. The molecule has 0 saturated carbocycles. The summed E-state index contributed by atoms with van der Waals surface area (Å²) in [5.74, 6) is -1.43. The van der Waals surface area contributed by atoms with E-state index in [1.807, 2.05) is 18.2 Å². The Morgan fingerprint density at radius 3 is 2.50 bits per heavy atom. The van der Waals surface area contributed by atoms with Gasteiger partial charge in [-0.05, 0) is 24.3 Å². The van der Waals surface area contributed by atoms with Gasteiger partial charge in [0.05, 0.1) is 11.5 Å². The van der Waals surface area contributed by atoms with Gasteiger partial charge in [-0.1, -0.05) is 29.8 Å². The number of nitrogens with zero attached hydrogens (tertiary/aromatic N) is 1. The molecule has 10 nitrogen and oxygen atoms in total. The molecule has 2 rings (SSSR count). The molecule has 158 valence electrons. The first kappa shape index (κ1) is 22.6. The SMILES string of the molecule is O=C(COC(=O)CNC(=O)c1ccc(Cl)c([N+](=O)[O-])c1)NCCOc1ccccc1. The van der Waals surface area contributed by atoms with E-state index >= 15 is 0 Å². The first-order chi connectivity index (χ1) is 14.4. The third-order valence-corrected chi connectivity index (χ3v) is 3.92. The van der Waals surface area contributed by atoms with Gasteiger partial charge in [0.25, 0.3) is 17.5 Å². The smallest absolute Gasteiger partial charge is 0.325 e. The van der Waals surface area contributed by atoms with Gasteiger partial charge in [-0.2, -0.15) is 0 Å². The van der Waals surface area contributed by atoms with Gasteiger partial charge < -0.3 is 20.1 Å². The fraction of sp³-hybridized carbons (Fsp3) is 0.211. The highest BCUT2D eigenvalue weighted by Crippen LogP contribution is 2.24. The van der Waals surface area contributed by atoms with E-state index in [1.54, 1.807) is 12.1 Å². The molecule has 0 heterocycles. The maximum atomic E-state index is 12.0. The number of benzene rings is 2. The zero-order chi connectivity index (χ0) is 21.9. The predicted octanol–water partition coefficient (Wildman–Crippen LogP) is 1.72. The summed E-state index contributed by atoms with van der Waals surface area (Å²) in [7, 11) is 0. The molecule has 0 aliphatic heterocycles. The fourth-order valence-corrected chi connectivity index (χ4v) is 2.36. The number of carbonyl (C=O) groups is 3.